The summed E-state index contributed by atoms with van der Waals surface area (Å²) < 4.78 is 6.46. The zero-order valence-electron chi connectivity index (χ0n) is 16.6. The second kappa shape index (κ2) is 6.03. The standard InChI is InChI=1S/C25H28O2S/c1-24-14-21(17-8-12-28-15-17)23-19-6-4-18(26)13-16(19)3-5-20(23)22(24)7-10-25(24)9-2-11-27-25/h2,8-9,12-13,15,20-22H,3-7,10-11,14H2,1H3/t20-,21+,22-,24-,25-/m0/s1. The summed E-state index contributed by atoms with van der Waals surface area (Å²) in [5, 5.41) is 4.59. The van der Waals surface area contributed by atoms with Crippen LogP contribution in [0.25, 0.3) is 0 Å². The summed E-state index contributed by atoms with van der Waals surface area (Å²) in [5.41, 5.74) is 6.24. The molecule has 2 saturated carbocycles. The van der Waals surface area contributed by atoms with E-state index >= 15 is 0 Å². The first-order chi connectivity index (χ1) is 13.6. The van der Waals surface area contributed by atoms with Gasteiger partial charge in [0, 0.05) is 17.8 Å². The molecule has 146 valence electrons. The van der Waals surface area contributed by atoms with Crippen molar-refractivity contribution in [3.63, 3.8) is 0 Å². The monoisotopic (exact) mass is 392 g/mol. The molecule has 2 fully saturated rings. The fourth-order valence-electron chi connectivity index (χ4n) is 7.45. The smallest absolute Gasteiger partial charge is 0.156 e. The van der Waals surface area contributed by atoms with Crippen molar-refractivity contribution in [1.29, 1.82) is 0 Å². The van der Waals surface area contributed by atoms with Gasteiger partial charge in [0.25, 0.3) is 0 Å². The number of carbonyl (C=O) groups excluding carboxylic acids is 1. The normalized spacial score (nSPS) is 41.8. The first-order valence-corrected chi connectivity index (χ1v) is 11.9. The van der Waals surface area contributed by atoms with Gasteiger partial charge >= 0.3 is 0 Å². The van der Waals surface area contributed by atoms with E-state index < -0.39 is 0 Å². The molecule has 1 aliphatic heterocycles. The Kier molecular flexibility index (Phi) is 3.75. The van der Waals surface area contributed by atoms with Crippen LogP contribution < -0.4 is 0 Å². The fraction of sp³-hybridized carbons (Fsp3) is 0.560. The molecule has 0 N–H and O–H groups in total. The molecule has 0 bridgehead atoms. The Morgan fingerprint density at radius 1 is 1.21 bits per heavy atom. The van der Waals surface area contributed by atoms with Crippen LogP contribution in [0.1, 0.15) is 63.4 Å². The van der Waals surface area contributed by atoms with Crippen molar-refractivity contribution in [2.24, 2.45) is 17.3 Å². The number of hydrogen-bond donors (Lipinski definition) is 0. The number of fused-ring (bicyclic) bond motifs is 5. The molecule has 4 aliphatic carbocycles. The third-order valence-corrected chi connectivity index (χ3v) is 9.39. The Balaban J connectivity index is 1.53. The van der Waals surface area contributed by atoms with E-state index in [1.54, 1.807) is 11.1 Å². The van der Waals surface area contributed by atoms with Crippen molar-refractivity contribution in [3.8, 4) is 0 Å². The van der Waals surface area contributed by atoms with Gasteiger partial charge in [-0.3, -0.25) is 4.79 Å². The van der Waals surface area contributed by atoms with E-state index in [-0.39, 0.29) is 11.0 Å². The van der Waals surface area contributed by atoms with Gasteiger partial charge in [-0.2, -0.15) is 11.3 Å². The minimum absolute atomic E-state index is 0.0548. The highest BCUT2D eigenvalue weighted by Crippen LogP contribution is 2.68. The third kappa shape index (κ3) is 2.21. The SMILES string of the molecule is C[C@]12C[C@H](c3ccsc3)C3=C4CCC(=O)C=C4CC[C@H]3[C@@H]1CC[C@@]21C=CCO1. The van der Waals surface area contributed by atoms with Gasteiger partial charge in [-0.25, -0.2) is 0 Å². The number of hydrogen-bond acceptors (Lipinski definition) is 3. The predicted octanol–water partition coefficient (Wildman–Crippen LogP) is 5.97. The van der Waals surface area contributed by atoms with Gasteiger partial charge in [0.2, 0.25) is 0 Å². The summed E-state index contributed by atoms with van der Waals surface area (Å²) in [6.45, 7) is 3.30. The maximum absolute atomic E-state index is 12.1. The highest BCUT2D eigenvalue weighted by molar-refractivity contribution is 7.08. The van der Waals surface area contributed by atoms with Gasteiger partial charge in [-0.1, -0.05) is 24.6 Å². The number of carbonyl (C=O) groups is 1. The van der Waals surface area contributed by atoms with Crippen molar-refractivity contribution in [2.45, 2.75) is 63.4 Å². The van der Waals surface area contributed by atoms with E-state index in [9.17, 15) is 4.79 Å². The number of ether oxygens (including phenoxy) is 1. The Morgan fingerprint density at radius 3 is 2.93 bits per heavy atom. The van der Waals surface area contributed by atoms with Crippen LogP contribution in [0.3, 0.4) is 0 Å². The van der Waals surface area contributed by atoms with Crippen molar-refractivity contribution in [2.75, 3.05) is 6.61 Å². The highest BCUT2D eigenvalue weighted by atomic mass is 32.1. The summed E-state index contributed by atoms with van der Waals surface area (Å²) in [5.74, 6) is 2.17. The summed E-state index contributed by atoms with van der Waals surface area (Å²) in [7, 11) is 0. The Bertz CT molecular complexity index is 920. The van der Waals surface area contributed by atoms with Crippen LogP contribution in [0.4, 0.5) is 0 Å². The van der Waals surface area contributed by atoms with E-state index in [1.165, 1.54) is 36.8 Å². The molecule has 0 aromatic carbocycles. The predicted molar refractivity (Wildman–Crippen MR) is 112 cm³/mol. The quantitative estimate of drug-likeness (QED) is 0.550. The van der Waals surface area contributed by atoms with E-state index in [1.807, 2.05) is 17.4 Å². The second-order valence-electron chi connectivity index (χ2n) is 9.69. The summed E-state index contributed by atoms with van der Waals surface area (Å²) in [6, 6.07) is 2.34. The maximum atomic E-state index is 12.1. The van der Waals surface area contributed by atoms with E-state index in [2.05, 4.69) is 35.9 Å². The van der Waals surface area contributed by atoms with Crippen LogP contribution in [-0.2, 0) is 9.53 Å². The molecule has 2 nitrogen and oxygen atoms in total. The van der Waals surface area contributed by atoms with Gasteiger partial charge in [0.1, 0.15) is 0 Å². The Morgan fingerprint density at radius 2 is 2.14 bits per heavy atom. The van der Waals surface area contributed by atoms with E-state index in [4.69, 9.17) is 4.74 Å². The van der Waals surface area contributed by atoms with Gasteiger partial charge in [-0.15, -0.1) is 0 Å². The minimum atomic E-state index is -0.0548. The third-order valence-electron chi connectivity index (χ3n) is 8.69. The minimum Gasteiger partial charge on any atom is -0.366 e. The number of rotatable bonds is 1. The first-order valence-electron chi connectivity index (χ1n) is 10.9. The van der Waals surface area contributed by atoms with E-state index in [0.29, 0.717) is 30.0 Å². The topological polar surface area (TPSA) is 26.3 Å². The molecular weight excluding hydrogens is 364 g/mol. The van der Waals surface area contributed by atoms with Gasteiger partial charge in [0.15, 0.2) is 5.78 Å². The Hall–Kier alpha value is -1.45. The lowest BCUT2D eigenvalue weighted by atomic mass is 9.51. The second-order valence-corrected chi connectivity index (χ2v) is 10.5. The summed E-state index contributed by atoms with van der Waals surface area (Å²) in [4.78, 5) is 12.1. The van der Waals surface area contributed by atoms with Gasteiger partial charge < -0.3 is 4.74 Å². The van der Waals surface area contributed by atoms with Crippen molar-refractivity contribution in [3.05, 3.63) is 57.3 Å². The lowest BCUT2D eigenvalue weighted by Gasteiger charge is -2.54. The van der Waals surface area contributed by atoms with Gasteiger partial charge in [-0.05, 0) is 90.0 Å². The molecule has 2 heterocycles. The largest absolute Gasteiger partial charge is 0.366 e. The molecule has 0 saturated heterocycles. The zero-order valence-corrected chi connectivity index (χ0v) is 17.4. The molecule has 0 radical (unpaired) electrons. The van der Waals surface area contributed by atoms with Crippen molar-refractivity contribution < 1.29 is 9.53 Å². The summed E-state index contributed by atoms with van der Waals surface area (Å²) >= 11 is 1.81. The first kappa shape index (κ1) is 17.4. The molecule has 5 atom stereocenters. The highest BCUT2D eigenvalue weighted by Gasteiger charge is 2.63. The van der Waals surface area contributed by atoms with Crippen molar-refractivity contribution >= 4 is 17.1 Å². The van der Waals surface area contributed by atoms with Crippen LogP contribution in [0.5, 0.6) is 0 Å². The molecule has 0 amide bonds. The van der Waals surface area contributed by atoms with Crippen LogP contribution in [-0.4, -0.2) is 18.0 Å². The molecule has 28 heavy (non-hydrogen) atoms. The zero-order chi connectivity index (χ0) is 18.9. The van der Waals surface area contributed by atoms with Crippen LogP contribution in [0, 0.1) is 17.3 Å². The molecule has 5 aliphatic rings. The van der Waals surface area contributed by atoms with Crippen LogP contribution in [0.15, 0.2) is 51.8 Å². The molecule has 1 aromatic heterocycles. The lowest BCUT2D eigenvalue weighted by Crippen LogP contribution is -2.51. The van der Waals surface area contributed by atoms with Crippen LogP contribution in [0.2, 0.25) is 0 Å². The number of ketones is 1. The molecule has 6 rings (SSSR count). The maximum Gasteiger partial charge on any atom is 0.156 e. The molecular formula is C25H28O2S. The molecule has 0 unspecified atom stereocenters. The average molecular weight is 393 g/mol. The molecule has 3 heteroatoms. The summed E-state index contributed by atoms with van der Waals surface area (Å²) in [6.07, 6.45) is 14.2. The fourth-order valence-corrected chi connectivity index (χ4v) is 8.16. The molecule has 1 aromatic rings. The Labute approximate surface area is 171 Å². The van der Waals surface area contributed by atoms with E-state index in [0.717, 1.165) is 19.4 Å². The number of allylic oxidation sites excluding steroid dienone is 4. The van der Waals surface area contributed by atoms with Gasteiger partial charge in [0.05, 0.1) is 12.2 Å². The van der Waals surface area contributed by atoms with Crippen LogP contribution >= 0.6 is 11.3 Å². The lowest BCUT2D eigenvalue weighted by molar-refractivity contribution is -0.114. The average Bonchev–Trinajstić information content (AvgIpc) is 3.43. The number of thiophene rings is 1. The van der Waals surface area contributed by atoms with Crippen molar-refractivity contribution in [1.82, 2.24) is 0 Å². The molecule has 1 spiro atoms.